The maximum atomic E-state index is 13.4. The number of ether oxygens (including phenoxy) is 2. The first-order valence-electron chi connectivity index (χ1n) is 6.90. The molecule has 3 nitrogen and oxygen atoms in total. The summed E-state index contributed by atoms with van der Waals surface area (Å²) < 4.78 is 24.1. The van der Waals surface area contributed by atoms with Gasteiger partial charge in [-0.1, -0.05) is 19.1 Å². The second-order valence-electron chi connectivity index (χ2n) is 4.71. The van der Waals surface area contributed by atoms with E-state index in [0.29, 0.717) is 29.2 Å². The molecule has 0 saturated carbocycles. The molecular weight excluding hydrogens is 271 g/mol. The van der Waals surface area contributed by atoms with Gasteiger partial charge < -0.3 is 14.6 Å². The summed E-state index contributed by atoms with van der Waals surface area (Å²) in [5.41, 5.74) is 1.03. The monoisotopic (exact) mass is 290 g/mol. The number of halogens is 1. The van der Waals surface area contributed by atoms with Crippen LogP contribution in [-0.2, 0) is 0 Å². The minimum atomic E-state index is -0.971. The first-order chi connectivity index (χ1) is 10.2. The summed E-state index contributed by atoms with van der Waals surface area (Å²) in [4.78, 5) is 0. The minimum absolute atomic E-state index is 0.394. The molecule has 0 aliphatic carbocycles. The maximum absolute atomic E-state index is 13.4. The lowest BCUT2D eigenvalue weighted by Gasteiger charge is -2.16. The van der Waals surface area contributed by atoms with Crippen molar-refractivity contribution in [3.05, 3.63) is 59.4 Å². The van der Waals surface area contributed by atoms with Gasteiger partial charge in [-0.25, -0.2) is 4.39 Å². The Labute approximate surface area is 124 Å². The minimum Gasteiger partial charge on any atom is -0.496 e. The number of aliphatic hydroxyl groups is 1. The molecule has 0 bridgehead atoms. The normalized spacial score (nSPS) is 12.0. The lowest BCUT2D eigenvalue weighted by molar-refractivity contribution is 0.213. The Bertz CT molecular complexity index is 598. The van der Waals surface area contributed by atoms with E-state index in [1.807, 2.05) is 13.0 Å². The molecule has 4 heteroatoms. The van der Waals surface area contributed by atoms with Gasteiger partial charge in [-0.3, -0.25) is 0 Å². The number of rotatable bonds is 6. The number of methoxy groups -OCH3 is 1. The Morgan fingerprint density at radius 1 is 1.19 bits per heavy atom. The summed E-state index contributed by atoms with van der Waals surface area (Å²) in [5.74, 6) is 0.718. The lowest BCUT2D eigenvalue weighted by atomic mass is 10.0. The molecule has 21 heavy (non-hydrogen) atoms. The third kappa shape index (κ3) is 3.73. The van der Waals surface area contributed by atoms with Crippen LogP contribution in [0.4, 0.5) is 4.39 Å². The highest BCUT2D eigenvalue weighted by atomic mass is 19.1. The summed E-state index contributed by atoms with van der Waals surface area (Å²) in [7, 11) is 1.49. The molecule has 2 rings (SSSR count). The van der Waals surface area contributed by atoms with Gasteiger partial charge in [0.05, 0.1) is 13.7 Å². The van der Waals surface area contributed by atoms with Crippen molar-refractivity contribution in [1.29, 1.82) is 0 Å². The van der Waals surface area contributed by atoms with Crippen molar-refractivity contribution >= 4 is 0 Å². The number of aliphatic hydroxyl groups excluding tert-OH is 1. The van der Waals surface area contributed by atoms with E-state index in [4.69, 9.17) is 9.47 Å². The Balaban J connectivity index is 2.31. The fourth-order valence-corrected chi connectivity index (χ4v) is 2.09. The summed E-state index contributed by atoms with van der Waals surface area (Å²) in [5, 5.41) is 10.5. The smallest absolute Gasteiger partial charge is 0.125 e. The Morgan fingerprint density at radius 3 is 2.71 bits per heavy atom. The SMILES string of the molecule is CCCOc1cccc(C(O)c2cc(F)ccc2OC)c1. The second-order valence-corrected chi connectivity index (χ2v) is 4.71. The van der Waals surface area contributed by atoms with E-state index in [0.717, 1.165) is 6.42 Å². The molecule has 0 amide bonds. The Hall–Kier alpha value is -2.07. The van der Waals surface area contributed by atoms with E-state index >= 15 is 0 Å². The van der Waals surface area contributed by atoms with E-state index in [1.165, 1.54) is 25.3 Å². The quantitative estimate of drug-likeness (QED) is 0.881. The summed E-state index contributed by atoms with van der Waals surface area (Å²) in [6.45, 7) is 2.64. The zero-order chi connectivity index (χ0) is 15.2. The molecule has 0 aromatic heterocycles. The highest BCUT2D eigenvalue weighted by Gasteiger charge is 2.17. The van der Waals surface area contributed by atoms with E-state index in [1.54, 1.807) is 18.2 Å². The van der Waals surface area contributed by atoms with Crippen LogP contribution in [0.15, 0.2) is 42.5 Å². The van der Waals surface area contributed by atoms with Crippen LogP contribution in [-0.4, -0.2) is 18.8 Å². The molecule has 0 aliphatic heterocycles. The van der Waals surface area contributed by atoms with Gasteiger partial charge in [-0.2, -0.15) is 0 Å². The highest BCUT2D eigenvalue weighted by Crippen LogP contribution is 2.31. The van der Waals surface area contributed by atoms with E-state index in [-0.39, 0.29) is 0 Å². The molecule has 0 saturated heterocycles. The first-order valence-corrected chi connectivity index (χ1v) is 6.90. The van der Waals surface area contributed by atoms with Crippen LogP contribution in [0.1, 0.15) is 30.6 Å². The number of hydrogen-bond acceptors (Lipinski definition) is 3. The summed E-state index contributed by atoms with van der Waals surface area (Å²) in [6, 6.07) is 11.2. The van der Waals surface area contributed by atoms with Crippen molar-refractivity contribution in [1.82, 2.24) is 0 Å². The van der Waals surface area contributed by atoms with Gasteiger partial charge in [0.1, 0.15) is 23.4 Å². The van der Waals surface area contributed by atoms with E-state index in [9.17, 15) is 9.50 Å². The van der Waals surface area contributed by atoms with Gasteiger partial charge in [-0.15, -0.1) is 0 Å². The molecule has 0 radical (unpaired) electrons. The second kappa shape index (κ2) is 7.09. The topological polar surface area (TPSA) is 38.7 Å². The maximum Gasteiger partial charge on any atom is 0.125 e. The van der Waals surface area contributed by atoms with Gasteiger partial charge in [0.2, 0.25) is 0 Å². The van der Waals surface area contributed by atoms with E-state index in [2.05, 4.69) is 0 Å². The molecule has 0 aliphatic rings. The number of benzene rings is 2. The summed E-state index contributed by atoms with van der Waals surface area (Å²) in [6.07, 6.45) is -0.0642. The van der Waals surface area contributed by atoms with Gasteiger partial charge >= 0.3 is 0 Å². The van der Waals surface area contributed by atoms with Gasteiger partial charge in [0.15, 0.2) is 0 Å². The Kier molecular flexibility index (Phi) is 5.17. The van der Waals surface area contributed by atoms with Crippen LogP contribution in [0.5, 0.6) is 11.5 Å². The third-order valence-electron chi connectivity index (χ3n) is 3.13. The number of hydrogen-bond donors (Lipinski definition) is 1. The average molecular weight is 290 g/mol. The Morgan fingerprint density at radius 2 is 2.00 bits per heavy atom. The van der Waals surface area contributed by atoms with Crippen LogP contribution < -0.4 is 9.47 Å². The highest BCUT2D eigenvalue weighted by molar-refractivity contribution is 5.42. The molecular formula is C17H19FO3. The van der Waals surface area contributed by atoms with Gasteiger partial charge in [0, 0.05) is 5.56 Å². The average Bonchev–Trinajstić information content (AvgIpc) is 2.52. The largest absolute Gasteiger partial charge is 0.496 e. The van der Waals surface area contributed by atoms with Gasteiger partial charge in [-0.05, 0) is 42.3 Å². The fraction of sp³-hybridized carbons (Fsp3) is 0.294. The predicted octanol–water partition coefficient (Wildman–Crippen LogP) is 3.70. The van der Waals surface area contributed by atoms with Crippen LogP contribution in [0, 0.1) is 5.82 Å². The van der Waals surface area contributed by atoms with Crippen molar-refractivity contribution in [2.45, 2.75) is 19.4 Å². The van der Waals surface area contributed by atoms with Crippen molar-refractivity contribution < 1.29 is 19.0 Å². The molecule has 0 heterocycles. The molecule has 0 fully saturated rings. The molecule has 2 aromatic carbocycles. The van der Waals surface area contributed by atoms with Gasteiger partial charge in [0.25, 0.3) is 0 Å². The summed E-state index contributed by atoms with van der Waals surface area (Å²) >= 11 is 0. The van der Waals surface area contributed by atoms with E-state index < -0.39 is 11.9 Å². The molecule has 1 N–H and O–H groups in total. The van der Waals surface area contributed by atoms with Crippen LogP contribution in [0.2, 0.25) is 0 Å². The first kappa shape index (κ1) is 15.3. The van der Waals surface area contributed by atoms with Crippen molar-refractivity contribution in [3.63, 3.8) is 0 Å². The van der Waals surface area contributed by atoms with Crippen LogP contribution >= 0.6 is 0 Å². The zero-order valence-corrected chi connectivity index (χ0v) is 12.2. The van der Waals surface area contributed by atoms with Crippen molar-refractivity contribution in [2.24, 2.45) is 0 Å². The van der Waals surface area contributed by atoms with Crippen LogP contribution in [0.3, 0.4) is 0 Å². The molecule has 1 unspecified atom stereocenters. The van der Waals surface area contributed by atoms with Crippen LogP contribution in [0.25, 0.3) is 0 Å². The third-order valence-corrected chi connectivity index (χ3v) is 3.13. The molecule has 2 aromatic rings. The van der Waals surface area contributed by atoms with Crippen molar-refractivity contribution in [3.8, 4) is 11.5 Å². The molecule has 0 spiro atoms. The molecule has 112 valence electrons. The predicted molar refractivity (Wildman–Crippen MR) is 79.2 cm³/mol. The standard InChI is InChI=1S/C17H19FO3/c1-3-9-21-14-6-4-5-12(10-14)17(19)15-11-13(18)7-8-16(15)20-2/h4-8,10-11,17,19H,3,9H2,1-2H3. The molecule has 1 atom stereocenters. The lowest BCUT2D eigenvalue weighted by Crippen LogP contribution is -2.04. The fourth-order valence-electron chi connectivity index (χ4n) is 2.09. The zero-order valence-electron chi connectivity index (χ0n) is 12.2. The van der Waals surface area contributed by atoms with Crippen molar-refractivity contribution in [2.75, 3.05) is 13.7 Å².